The predicted molar refractivity (Wildman–Crippen MR) is 78.8 cm³/mol. The number of primary amides is 1. The molecule has 0 heterocycles. The van der Waals surface area contributed by atoms with E-state index in [1.165, 1.54) is 12.1 Å². The van der Waals surface area contributed by atoms with Crippen molar-refractivity contribution in [2.24, 2.45) is 5.73 Å². The average Bonchev–Trinajstić information content (AvgIpc) is 3.27. The Morgan fingerprint density at radius 1 is 1.18 bits per heavy atom. The minimum atomic E-state index is -0.865. The molecule has 0 aliphatic heterocycles. The van der Waals surface area contributed by atoms with E-state index in [4.69, 9.17) is 15.2 Å². The van der Waals surface area contributed by atoms with Crippen molar-refractivity contribution in [1.29, 1.82) is 0 Å². The van der Waals surface area contributed by atoms with Crippen LogP contribution in [0.15, 0.2) is 48.5 Å². The van der Waals surface area contributed by atoms with Crippen LogP contribution in [0.2, 0.25) is 0 Å². The Balaban J connectivity index is 1.84. The second-order valence-corrected chi connectivity index (χ2v) is 5.33. The molecule has 0 spiro atoms. The first kappa shape index (κ1) is 14.4. The first-order valence-corrected chi connectivity index (χ1v) is 7.04. The molecular weight excluding hydrogens is 285 g/mol. The van der Waals surface area contributed by atoms with Gasteiger partial charge in [0, 0.05) is 5.56 Å². The van der Waals surface area contributed by atoms with Gasteiger partial charge in [0.1, 0.15) is 23.8 Å². The quantitative estimate of drug-likeness (QED) is 0.919. The highest BCUT2D eigenvalue weighted by molar-refractivity contribution is 5.66. The van der Waals surface area contributed by atoms with Crippen LogP contribution in [0.1, 0.15) is 24.0 Å². The number of benzene rings is 2. The fourth-order valence-corrected chi connectivity index (χ4v) is 2.45. The van der Waals surface area contributed by atoms with E-state index in [1.807, 2.05) is 30.3 Å². The van der Waals surface area contributed by atoms with Crippen molar-refractivity contribution in [1.82, 2.24) is 0 Å². The summed E-state index contributed by atoms with van der Waals surface area (Å²) in [5.41, 5.74) is 5.79. The molecule has 0 aromatic heterocycles. The maximum absolute atomic E-state index is 13.6. The SMILES string of the molecule is NC(=O)OC1(c2cc(F)ccc2OCc2ccccc2)CC1. The Kier molecular flexibility index (Phi) is 3.71. The summed E-state index contributed by atoms with van der Waals surface area (Å²) in [5, 5.41) is 0. The third-order valence-electron chi connectivity index (χ3n) is 3.67. The number of nitrogens with two attached hydrogens (primary N) is 1. The normalized spacial score (nSPS) is 15.1. The maximum Gasteiger partial charge on any atom is 0.405 e. The molecule has 0 atom stereocenters. The molecule has 2 N–H and O–H groups in total. The van der Waals surface area contributed by atoms with Crippen LogP contribution in [0, 0.1) is 5.82 Å². The summed E-state index contributed by atoms with van der Waals surface area (Å²) in [5.74, 6) is 0.102. The molecule has 1 amide bonds. The average molecular weight is 301 g/mol. The van der Waals surface area contributed by atoms with Gasteiger partial charge in [0.2, 0.25) is 0 Å². The molecule has 1 fully saturated rings. The number of ether oxygens (including phenoxy) is 2. The summed E-state index contributed by atoms with van der Waals surface area (Å²) in [7, 11) is 0. The van der Waals surface area contributed by atoms with E-state index in [-0.39, 0.29) is 0 Å². The minimum Gasteiger partial charge on any atom is -0.488 e. The molecule has 0 radical (unpaired) electrons. The molecule has 0 bridgehead atoms. The van der Waals surface area contributed by atoms with Gasteiger partial charge in [-0.2, -0.15) is 0 Å². The number of amides is 1. The number of carbonyl (C=O) groups is 1. The van der Waals surface area contributed by atoms with Gasteiger partial charge in [-0.3, -0.25) is 0 Å². The third-order valence-corrected chi connectivity index (χ3v) is 3.67. The zero-order chi connectivity index (χ0) is 15.6. The van der Waals surface area contributed by atoms with Gasteiger partial charge in [-0.15, -0.1) is 0 Å². The monoisotopic (exact) mass is 301 g/mol. The third kappa shape index (κ3) is 3.03. The van der Waals surface area contributed by atoms with Crippen LogP contribution in [-0.2, 0) is 16.9 Å². The van der Waals surface area contributed by atoms with Gasteiger partial charge < -0.3 is 15.2 Å². The predicted octanol–water partition coefficient (Wildman–Crippen LogP) is 3.49. The van der Waals surface area contributed by atoms with Crippen LogP contribution in [0.3, 0.4) is 0 Å². The molecule has 2 aromatic rings. The van der Waals surface area contributed by atoms with Crippen molar-refractivity contribution < 1.29 is 18.7 Å². The number of hydrogen-bond donors (Lipinski definition) is 1. The Morgan fingerprint density at radius 3 is 2.55 bits per heavy atom. The van der Waals surface area contributed by atoms with Crippen molar-refractivity contribution in [2.45, 2.75) is 25.0 Å². The van der Waals surface area contributed by atoms with Gasteiger partial charge in [0.05, 0.1) is 0 Å². The Hall–Kier alpha value is -2.56. The zero-order valence-corrected chi connectivity index (χ0v) is 11.9. The van der Waals surface area contributed by atoms with Crippen LogP contribution in [0.5, 0.6) is 5.75 Å². The highest BCUT2D eigenvalue weighted by Crippen LogP contribution is 2.52. The molecule has 5 heteroatoms. The number of halogens is 1. The Labute approximate surface area is 127 Å². The first-order valence-electron chi connectivity index (χ1n) is 7.04. The lowest BCUT2D eigenvalue weighted by Crippen LogP contribution is -2.23. The molecule has 1 aliphatic rings. The summed E-state index contributed by atoms with van der Waals surface area (Å²) in [4.78, 5) is 11.1. The van der Waals surface area contributed by atoms with Crippen LogP contribution in [0.4, 0.5) is 9.18 Å². The highest BCUT2D eigenvalue weighted by Gasteiger charge is 2.50. The van der Waals surface area contributed by atoms with Gasteiger partial charge in [-0.25, -0.2) is 9.18 Å². The topological polar surface area (TPSA) is 61.6 Å². The second kappa shape index (κ2) is 5.67. The standard InChI is InChI=1S/C17H16FNO3/c18-13-6-7-15(21-11-12-4-2-1-3-5-12)14(10-13)17(8-9-17)22-16(19)20/h1-7,10H,8-9,11H2,(H2,19,20). The molecular formula is C17H16FNO3. The van der Waals surface area contributed by atoms with Crippen molar-refractivity contribution in [3.8, 4) is 5.75 Å². The number of hydrogen-bond acceptors (Lipinski definition) is 3. The van der Waals surface area contributed by atoms with Gasteiger partial charge in [0.15, 0.2) is 0 Å². The van der Waals surface area contributed by atoms with Crippen molar-refractivity contribution in [3.63, 3.8) is 0 Å². The van der Waals surface area contributed by atoms with Gasteiger partial charge in [-0.05, 0) is 36.6 Å². The molecule has 1 saturated carbocycles. The van der Waals surface area contributed by atoms with E-state index in [1.54, 1.807) is 6.07 Å². The van der Waals surface area contributed by atoms with E-state index in [9.17, 15) is 9.18 Å². The molecule has 2 aromatic carbocycles. The van der Waals surface area contributed by atoms with E-state index in [0.29, 0.717) is 30.8 Å². The van der Waals surface area contributed by atoms with Gasteiger partial charge >= 0.3 is 6.09 Å². The fraction of sp³-hybridized carbons (Fsp3) is 0.235. The zero-order valence-electron chi connectivity index (χ0n) is 11.9. The lowest BCUT2D eigenvalue weighted by Gasteiger charge is -2.19. The molecule has 1 aliphatic carbocycles. The molecule has 0 unspecified atom stereocenters. The summed E-state index contributed by atoms with van der Waals surface area (Å²) in [6.45, 7) is 0.353. The van der Waals surface area contributed by atoms with Crippen LogP contribution >= 0.6 is 0 Å². The van der Waals surface area contributed by atoms with Crippen molar-refractivity contribution in [2.75, 3.05) is 0 Å². The van der Waals surface area contributed by atoms with Gasteiger partial charge in [0.25, 0.3) is 0 Å². The lowest BCUT2D eigenvalue weighted by molar-refractivity contribution is 0.0871. The molecule has 114 valence electrons. The Morgan fingerprint density at radius 2 is 1.91 bits per heavy atom. The van der Waals surface area contributed by atoms with Crippen LogP contribution < -0.4 is 10.5 Å². The fourth-order valence-electron chi connectivity index (χ4n) is 2.45. The van der Waals surface area contributed by atoms with Crippen LogP contribution in [0.25, 0.3) is 0 Å². The van der Waals surface area contributed by atoms with E-state index in [2.05, 4.69) is 0 Å². The highest BCUT2D eigenvalue weighted by atomic mass is 19.1. The van der Waals surface area contributed by atoms with E-state index >= 15 is 0 Å². The summed E-state index contributed by atoms with van der Waals surface area (Å²) < 4.78 is 24.5. The number of carbonyl (C=O) groups excluding carboxylic acids is 1. The molecule has 4 nitrogen and oxygen atoms in total. The first-order chi connectivity index (χ1) is 10.6. The molecule has 22 heavy (non-hydrogen) atoms. The van der Waals surface area contributed by atoms with E-state index < -0.39 is 17.5 Å². The number of rotatable bonds is 5. The minimum absolute atomic E-state index is 0.353. The smallest absolute Gasteiger partial charge is 0.405 e. The van der Waals surface area contributed by atoms with E-state index in [0.717, 1.165) is 5.56 Å². The molecule has 3 rings (SSSR count). The van der Waals surface area contributed by atoms with Gasteiger partial charge in [-0.1, -0.05) is 30.3 Å². The van der Waals surface area contributed by atoms with Crippen molar-refractivity contribution in [3.05, 3.63) is 65.5 Å². The lowest BCUT2D eigenvalue weighted by atomic mass is 10.1. The van der Waals surface area contributed by atoms with Crippen LogP contribution in [-0.4, -0.2) is 6.09 Å². The Bertz CT molecular complexity index is 684. The van der Waals surface area contributed by atoms with Crippen molar-refractivity contribution >= 4 is 6.09 Å². The summed E-state index contributed by atoms with van der Waals surface area (Å²) >= 11 is 0. The maximum atomic E-state index is 13.6. The molecule has 0 saturated heterocycles. The largest absolute Gasteiger partial charge is 0.488 e. The second-order valence-electron chi connectivity index (χ2n) is 5.33. The summed E-state index contributed by atoms with van der Waals surface area (Å²) in [6.07, 6.45) is 0.359. The summed E-state index contributed by atoms with van der Waals surface area (Å²) in [6, 6.07) is 13.9.